The molecule has 1 saturated carbocycles. The molecule has 0 spiro atoms. The van der Waals surface area contributed by atoms with Gasteiger partial charge in [0, 0.05) is 45.8 Å². The van der Waals surface area contributed by atoms with Crippen molar-refractivity contribution in [3.8, 4) is 0 Å². The zero-order chi connectivity index (χ0) is 12.8. The monoisotopic (exact) mass is 255 g/mol. The number of β-amino-alcohol motifs (C(OH)–C–C–N with tert-alkyl or cyclic N) is 1. The maximum Gasteiger partial charge on any atom is 0.0793 e. The molecule has 0 radical (unpaired) electrons. The lowest BCUT2D eigenvalue weighted by atomic mass is 9.85. The predicted molar refractivity (Wildman–Crippen MR) is 74.8 cm³/mol. The topological polar surface area (TPSA) is 38.7 Å². The average molecular weight is 255 g/mol. The van der Waals surface area contributed by atoms with Gasteiger partial charge in [-0.25, -0.2) is 0 Å². The van der Waals surface area contributed by atoms with E-state index in [9.17, 15) is 5.11 Å². The minimum absolute atomic E-state index is 0.192. The predicted octanol–water partition coefficient (Wildman–Crippen LogP) is 0.375. The van der Waals surface area contributed by atoms with Crippen LogP contribution in [0.15, 0.2) is 0 Å². The Morgan fingerprint density at radius 3 is 2.61 bits per heavy atom. The fourth-order valence-corrected chi connectivity index (χ4v) is 2.92. The Morgan fingerprint density at radius 2 is 2.06 bits per heavy atom. The molecule has 1 unspecified atom stereocenters. The van der Waals surface area contributed by atoms with E-state index in [4.69, 9.17) is 0 Å². The molecule has 1 aliphatic heterocycles. The first-order valence-electron chi connectivity index (χ1n) is 7.61. The van der Waals surface area contributed by atoms with Gasteiger partial charge in [0.15, 0.2) is 0 Å². The summed E-state index contributed by atoms with van der Waals surface area (Å²) in [6.45, 7) is 10.4. The standard InChI is InChI=1S/C14H29N3O/c1-2-16(10-13-4-3-5-13)11-14(18)12-17-8-6-15-7-9-17/h13-15,18H,2-12H2,1H3. The lowest BCUT2D eigenvalue weighted by Crippen LogP contribution is -2.48. The summed E-state index contributed by atoms with van der Waals surface area (Å²) in [5, 5.41) is 13.6. The maximum atomic E-state index is 10.2. The van der Waals surface area contributed by atoms with Crippen molar-refractivity contribution in [1.29, 1.82) is 0 Å². The highest BCUT2D eigenvalue weighted by molar-refractivity contribution is 4.77. The van der Waals surface area contributed by atoms with E-state index in [-0.39, 0.29) is 6.10 Å². The van der Waals surface area contributed by atoms with E-state index in [1.165, 1.54) is 25.8 Å². The Morgan fingerprint density at radius 1 is 1.33 bits per heavy atom. The summed E-state index contributed by atoms with van der Waals surface area (Å²) >= 11 is 0. The van der Waals surface area contributed by atoms with Gasteiger partial charge in [-0.3, -0.25) is 4.90 Å². The number of nitrogens with zero attached hydrogens (tertiary/aromatic N) is 2. The van der Waals surface area contributed by atoms with Crippen LogP contribution in [0.3, 0.4) is 0 Å². The third-order valence-corrected chi connectivity index (χ3v) is 4.34. The largest absolute Gasteiger partial charge is 0.390 e. The molecule has 2 aliphatic rings. The highest BCUT2D eigenvalue weighted by atomic mass is 16.3. The van der Waals surface area contributed by atoms with E-state index >= 15 is 0 Å². The molecule has 0 aromatic rings. The highest BCUT2D eigenvalue weighted by Gasteiger charge is 2.22. The zero-order valence-corrected chi connectivity index (χ0v) is 11.8. The van der Waals surface area contributed by atoms with Crippen LogP contribution in [-0.2, 0) is 0 Å². The van der Waals surface area contributed by atoms with Gasteiger partial charge >= 0.3 is 0 Å². The Kier molecular flexibility index (Phi) is 5.89. The number of hydrogen-bond acceptors (Lipinski definition) is 4. The van der Waals surface area contributed by atoms with Gasteiger partial charge in [0.2, 0.25) is 0 Å². The molecule has 2 rings (SSSR count). The third-order valence-electron chi connectivity index (χ3n) is 4.34. The second kappa shape index (κ2) is 7.43. The van der Waals surface area contributed by atoms with Crippen LogP contribution >= 0.6 is 0 Å². The number of rotatable bonds is 7. The van der Waals surface area contributed by atoms with Crippen LogP contribution in [-0.4, -0.2) is 73.4 Å². The molecule has 2 N–H and O–H groups in total. The average Bonchev–Trinajstić information content (AvgIpc) is 2.33. The second-order valence-electron chi connectivity index (χ2n) is 5.85. The van der Waals surface area contributed by atoms with Crippen molar-refractivity contribution in [3.63, 3.8) is 0 Å². The Hall–Kier alpha value is -0.160. The number of aliphatic hydroxyl groups excluding tert-OH is 1. The second-order valence-corrected chi connectivity index (χ2v) is 5.85. The van der Waals surface area contributed by atoms with Crippen LogP contribution in [0.5, 0.6) is 0 Å². The maximum absolute atomic E-state index is 10.2. The molecule has 18 heavy (non-hydrogen) atoms. The molecular weight excluding hydrogens is 226 g/mol. The van der Waals surface area contributed by atoms with Crippen molar-refractivity contribution < 1.29 is 5.11 Å². The Bertz CT molecular complexity index is 227. The van der Waals surface area contributed by atoms with Crippen LogP contribution < -0.4 is 5.32 Å². The first kappa shape index (κ1) is 14.3. The lowest BCUT2D eigenvalue weighted by molar-refractivity contribution is 0.0601. The molecule has 0 aromatic carbocycles. The molecule has 1 heterocycles. The number of likely N-dealkylation sites (N-methyl/N-ethyl adjacent to an activating group) is 1. The quantitative estimate of drug-likeness (QED) is 0.690. The van der Waals surface area contributed by atoms with Gasteiger partial charge in [0.25, 0.3) is 0 Å². The molecule has 0 amide bonds. The molecule has 4 heteroatoms. The first-order chi connectivity index (χ1) is 8.78. The van der Waals surface area contributed by atoms with Crippen molar-refractivity contribution in [2.75, 3.05) is 52.4 Å². The van der Waals surface area contributed by atoms with Gasteiger partial charge in [0.05, 0.1) is 6.10 Å². The summed E-state index contributed by atoms with van der Waals surface area (Å²) in [6.07, 6.45) is 4.00. The van der Waals surface area contributed by atoms with E-state index in [0.717, 1.165) is 51.7 Å². The van der Waals surface area contributed by atoms with Crippen molar-refractivity contribution in [1.82, 2.24) is 15.1 Å². The van der Waals surface area contributed by atoms with Gasteiger partial charge < -0.3 is 15.3 Å². The van der Waals surface area contributed by atoms with Crippen LogP contribution in [0.4, 0.5) is 0 Å². The minimum Gasteiger partial charge on any atom is -0.390 e. The molecule has 2 fully saturated rings. The van der Waals surface area contributed by atoms with Crippen molar-refractivity contribution >= 4 is 0 Å². The first-order valence-corrected chi connectivity index (χ1v) is 7.61. The van der Waals surface area contributed by atoms with Crippen molar-refractivity contribution in [2.24, 2.45) is 5.92 Å². The van der Waals surface area contributed by atoms with Crippen LogP contribution in [0, 0.1) is 5.92 Å². The van der Waals surface area contributed by atoms with Crippen molar-refractivity contribution in [2.45, 2.75) is 32.3 Å². The molecule has 1 aliphatic carbocycles. The summed E-state index contributed by atoms with van der Waals surface area (Å²) in [4.78, 5) is 4.80. The molecule has 1 atom stereocenters. The fourth-order valence-electron chi connectivity index (χ4n) is 2.92. The zero-order valence-electron chi connectivity index (χ0n) is 11.8. The van der Waals surface area contributed by atoms with E-state index in [2.05, 4.69) is 22.0 Å². The molecule has 4 nitrogen and oxygen atoms in total. The third kappa shape index (κ3) is 4.50. The van der Waals surface area contributed by atoms with E-state index in [1.54, 1.807) is 0 Å². The number of piperazine rings is 1. The molecule has 0 bridgehead atoms. The van der Waals surface area contributed by atoms with Gasteiger partial charge in [0.1, 0.15) is 0 Å². The van der Waals surface area contributed by atoms with Crippen LogP contribution in [0.2, 0.25) is 0 Å². The van der Waals surface area contributed by atoms with Crippen molar-refractivity contribution in [3.05, 3.63) is 0 Å². The number of hydrogen-bond donors (Lipinski definition) is 2. The summed E-state index contributed by atoms with van der Waals surface area (Å²) in [5.74, 6) is 0.899. The summed E-state index contributed by atoms with van der Waals surface area (Å²) in [7, 11) is 0. The smallest absolute Gasteiger partial charge is 0.0793 e. The summed E-state index contributed by atoms with van der Waals surface area (Å²) in [6, 6.07) is 0. The summed E-state index contributed by atoms with van der Waals surface area (Å²) < 4.78 is 0. The summed E-state index contributed by atoms with van der Waals surface area (Å²) in [5.41, 5.74) is 0. The van der Waals surface area contributed by atoms with Gasteiger partial charge in [-0.1, -0.05) is 13.3 Å². The number of nitrogens with one attached hydrogen (secondary N) is 1. The normalized spacial score (nSPS) is 24.2. The van der Waals surface area contributed by atoms with E-state index < -0.39 is 0 Å². The van der Waals surface area contributed by atoms with Crippen LogP contribution in [0.25, 0.3) is 0 Å². The Balaban J connectivity index is 1.65. The SMILES string of the molecule is CCN(CC(O)CN1CCNCC1)CC1CCC1. The highest BCUT2D eigenvalue weighted by Crippen LogP contribution is 2.27. The van der Waals surface area contributed by atoms with Gasteiger partial charge in [-0.2, -0.15) is 0 Å². The fraction of sp³-hybridized carbons (Fsp3) is 1.00. The van der Waals surface area contributed by atoms with Crippen LogP contribution in [0.1, 0.15) is 26.2 Å². The molecule has 1 saturated heterocycles. The molecule has 106 valence electrons. The lowest BCUT2D eigenvalue weighted by Gasteiger charge is -2.34. The van der Waals surface area contributed by atoms with E-state index in [0.29, 0.717) is 0 Å². The molecule has 0 aromatic heterocycles. The molecular formula is C14H29N3O. The van der Waals surface area contributed by atoms with Gasteiger partial charge in [-0.05, 0) is 25.3 Å². The van der Waals surface area contributed by atoms with Gasteiger partial charge in [-0.15, -0.1) is 0 Å². The number of aliphatic hydroxyl groups is 1. The van der Waals surface area contributed by atoms with E-state index in [1.807, 2.05) is 0 Å². The minimum atomic E-state index is -0.192. The Labute approximate surface area is 111 Å².